The summed E-state index contributed by atoms with van der Waals surface area (Å²) in [5.41, 5.74) is 0.951. The lowest BCUT2D eigenvalue weighted by Crippen LogP contribution is -2.13. The molecule has 2 aromatic rings. The van der Waals surface area contributed by atoms with Crippen molar-refractivity contribution in [2.75, 3.05) is 0 Å². The zero-order valence-corrected chi connectivity index (χ0v) is 15.8. The van der Waals surface area contributed by atoms with Crippen LogP contribution in [0.15, 0.2) is 35.9 Å². The molecule has 0 fully saturated rings. The van der Waals surface area contributed by atoms with Crippen LogP contribution in [0.1, 0.15) is 39.7 Å². The van der Waals surface area contributed by atoms with Gasteiger partial charge in [0.15, 0.2) is 0 Å². The maximum Gasteiger partial charge on any atom is 0.314 e. The Bertz CT molecular complexity index is 936. The zero-order chi connectivity index (χ0) is 20.3. The maximum absolute atomic E-state index is 12.3. The molecule has 0 heterocycles. The molecule has 0 aliphatic carbocycles. The molecule has 2 rings (SSSR count). The minimum atomic E-state index is -0.481. The lowest BCUT2D eigenvalue weighted by molar-refractivity contribution is -0.140. The van der Waals surface area contributed by atoms with Gasteiger partial charge in [0.1, 0.15) is 28.8 Å². The van der Waals surface area contributed by atoms with E-state index in [4.69, 9.17) is 4.74 Å². The molecular weight excluding hydrogens is 348 g/mol. The fraction of sp³-hybridized carbons (Fsp3) is 0.286. The van der Waals surface area contributed by atoms with E-state index >= 15 is 0 Å². The van der Waals surface area contributed by atoms with E-state index in [9.17, 15) is 25.2 Å². The van der Waals surface area contributed by atoms with Crippen LogP contribution in [0.4, 0.5) is 0 Å². The molecule has 1 atom stereocenters. The van der Waals surface area contributed by atoms with E-state index in [0.29, 0.717) is 6.42 Å². The summed E-state index contributed by atoms with van der Waals surface area (Å²) in [4.78, 5) is 12.3. The van der Waals surface area contributed by atoms with E-state index in [1.807, 2.05) is 20.8 Å². The van der Waals surface area contributed by atoms with Gasteiger partial charge in [-0.25, -0.2) is 0 Å². The summed E-state index contributed by atoms with van der Waals surface area (Å²) in [5.74, 6) is -2.21. The fourth-order valence-corrected chi connectivity index (χ4v) is 2.48. The number of allylic oxidation sites excluding steroid dienone is 3. The second-order valence-corrected chi connectivity index (χ2v) is 6.65. The van der Waals surface area contributed by atoms with Crippen LogP contribution in [-0.2, 0) is 9.53 Å². The van der Waals surface area contributed by atoms with Gasteiger partial charge >= 0.3 is 5.97 Å². The van der Waals surface area contributed by atoms with Gasteiger partial charge in [-0.05, 0) is 44.5 Å². The van der Waals surface area contributed by atoms with Crippen LogP contribution >= 0.6 is 0 Å². The molecule has 2 aromatic carbocycles. The van der Waals surface area contributed by atoms with E-state index in [1.165, 1.54) is 24.3 Å². The number of hydrogen-bond acceptors (Lipinski definition) is 6. The Morgan fingerprint density at radius 3 is 2.19 bits per heavy atom. The predicted molar refractivity (Wildman–Crippen MR) is 104 cm³/mol. The molecule has 1 unspecified atom stereocenters. The van der Waals surface area contributed by atoms with Crippen LogP contribution in [0.5, 0.6) is 23.0 Å². The highest BCUT2D eigenvalue weighted by Crippen LogP contribution is 2.46. The number of benzene rings is 2. The summed E-state index contributed by atoms with van der Waals surface area (Å²) in [6, 6.07) is 3.59. The molecule has 6 nitrogen and oxygen atoms in total. The molecule has 6 heteroatoms. The lowest BCUT2D eigenvalue weighted by Gasteiger charge is -2.16. The summed E-state index contributed by atoms with van der Waals surface area (Å²) in [7, 11) is 0. The normalized spacial score (nSPS) is 12.7. The average Bonchev–Trinajstić information content (AvgIpc) is 2.62. The Morgan fingerprint density at radius 2 is 1.63 bits per heavy atom. The monoisotopic (exact) mass is 372 g/mol. The summed E-state index contributed by atoms with van der Waals surface area (Å²) in [6.45, 7) is 7.28. The fourth-order valence-electron chi connectivity index (χ4n) is 2.48. The third kappa shape index (κ3) is 4.16. The van der Waals surface area contributed by atoms with Gasteiger partial charge in [-0.1, -0.05) is 25.5 Å². The second kappa shape index (κ2) is 8.03. The van der Waals surface area contributed by atoms with E-state index in [0.717, 1.165) is 5.57 Å². The quantitative estimate of drug-likeness (QED) is 0.265. The van der Waals surface area contributed by atoms with Crippen LogP contribution in [0.3, 0.4) is 0 Å². The molecule has 0 amide bonds. The van der Waals surface area contributed by atoms with Gasteiger partial charge in [0.25, 0.3) is 0 Å². The number of fused-ring (bicyclic) bond motifs is 1. The van der Waals surface area contributed by atoms with Gasteiger partial charge in [-0.2, -0.15) is 0 Å². The molecule has 0 bridgehead atoms. The Hall–Kier alpha value is -3.15. The van der Waals surface area contributed by atoms with Crippen molar-refractivity contribution in [3.05, 3.63) is 41.5 Å². The minimum Gasteiger partial charge on any atom is -0.507 e. The Morgan fingerprint density at radius 1 is 1.04 bits per heavy atom. The molecule has 0 aliphatic rings. The van der Waals surface area contributed by atoms with Crippen molar-refractivity contribution in [2.45, 2.75) is 34.1 Å². The number of ether oxygens (including phenoxy) is 1. The number of hydrogen-bond donors (Lipinski definition) is 4. The third-order valence-corrected chi connectivity index (χ3v) is 4.25. The van der Waals surface area contributed by atoms with Gasteiger partial charge in [-0.3, -0.25) is 4.79 Å². The standard InChI is InChI=1S/C21H24O6/c1-5-12(4)21(26)27-17(9-6-11(2)3)13-10-16(24)18-14(22)7-8-15(23)19(18)20(13)25/h6-10,12,22-25H,5H2,1-4H3. The van der Waals surface area contributed by atoms with Crippen LogP contribution < -0.4 is 0 Å². The Labute approximate surface area is 157 Å². The molecule has 0 saturated heterocycles. The molecule has 27 heavy (non-hydrogen) atoms. The molecule has 0 aromatic heterocycles. The number of esters is 1. The first-order valence-corrected chi connectivity index (χ1v) is 8.64. The first-order valence-electron chi connectivity index (χ1n) is 8.64. The summed E-state index contributed by atoms with van der Waals surface area (Å²) >= 11 is 0. The Kier molecular flexibility index (Phi) is 6.00. The number of carbonyl (C=O) groups excluding carboxylic acids is 1. The minimum absolute atomic E-state index is 0.0232. The largest absolute Gasteiger partial charge is 0.507 e. The lowest BCUT2D eigenvalue weighted by atomic mass is 10.0. The van der Waals surface area contributed by atoms with Crippen molar-refractivity contribution in [1.29, 1.82) is 0 Å². The highest BCUT2D eigenvalue weighted by atomic mass is 16.5. The van der Waals surface area contributed by atoms with Gasteiger partial charge in [0.2, 0.25) is 0 Å². The molecule has 0 spiro atoms. The summed E-state index contributed by atoms with van der Waals surface area (Å²) in [5, 5.41) is 40.9. The number of carbonyl (C=O) groups is 1. The van der Waals surface area contributed by atoms with Gasteiger partial charge in [-0.15, -0.1) is 0 Å². The van der Waals surface area contributed by atoms with Gasteiger partial charge < -0.3 is 25.2 Å². The van der Waals surface area contributed by atoms with E-state index < -0.39 is 11.7 Å². The molecule has 0 radical (unpaired) electrons. The number of rotatable bonds is 5. The van der Waals surface area contributed by atoms with Crippen LogP contribution in [0, 0.1) is 5.92 Å². The van der Waals surface area contributed by atoms with Crippen molar-refractivity contribution in [3.8, 4) is 23.0 Å². The molecular formula is C21H24O6. The summed E-state index contributed by atoms with van der Waals surface area (Å²) < 4.78 is 5.46. The Balaban J connectivity index is 2.72. The number of phenols is 4. The second-order valence-electron chi connectivity index (χ2n) is 6.65. The van der Waals surface area contributed by atoms with Crippen molar-refractivity contribution < 1.29 is 30.0 Å². The van der Waals surface area contributed by atoms with Crippen LogP contribution in [-0.4, -0.2) is 26.4 Å². The molecule has 4 N–H and O–H groups in total. The zero-order valence-electron chi connectivity index (χ0n) is 15.8. The molecule has 144 valence electrons. The highest BCUT2D eigenvalue weighted by molar-refractivity contribution is 6.04. The SMILES string of the molecule is CCC(C)C(=O)OC(=CC=C(C)C)c1cc(O)c2c(O)ccc(O)c2c1O. The predicted octanol–water partition coefficient (Wildman–Crippen LogP) is 4.56. The van der Waals surface area contributed by atoms with Crippen molar-refractivity contribution in [1.82, 2.24) is 0 Å². The first-order chi connectivity index (χ1) is 12.7. The maximum atomic E-state index is 12.3. The number of phenolic OH excluding ortho intramolecular Hbond substituents is 4. The van der Waals surface area contributed by atoms with Crippen molar-refractivity contribution in [2.24, 2.45) is 5.92 Å². The van der Waals surface area contributed by atoms with Gasteiger partial charge in [0, 0.05) is 0 Å². The summed E-state index contributed by atoms with van der Waals surface area (Å²) in [6.07, 6.45) is 3.79. The van der Waals surface area contributed by atoms with Crippen molar-refractivity contribution >= 4 is 22.5 Å². The van der Waals surface area contributed by atoms with E-state index in [-0.39, 0.29) is 45.3 Å². The molecule has 0 aliphatic heterocycles. The van der Waals surface area contributed by atoms with Crippen molar-refractivity contribution in [3.63, 3.8) is 0 Å². The third-order valence-electron chi connectivity index (χ3n) is 4.25. The number of aromatic hydroxyl groups is 4. The van der Waals surface area contributed by atoms with Gasteiger partial charge in [0.05, 0.1) is 22.3 Å². The average molecular weight is 372 g/mol. The highest BCUT2D eigenvalue weighted by Gasteiger charge is 2.23. The van der Waals surface area contributed by atoms with Crippen LogP contribution in [0.2, 0.25) is 0 Å². The topological polar surface area (TPSA) is 107 Å². The molecule has 0 saturated carbocycles. The van der Waals surface area contributed by atoms with E-state index in [2.05, 4.69) is 0 Å². The van der Waals surface area contributed by atoms with E-state index in [1.54, 1.807) is 13.0 Å². The smallest absolute Gasteiger partial charge is 0.314 e. The first kappa shape index (κ1) is 20.2. The van der Waals surface area contributed by atoms with Crippen LogP contribution in [0.25, 0.3) is 16.5 Å².